The summed E-state index contributed by atoms with van der Waals surface area (Å²) < 4.78 is 16.5. The predicted octanol–water partition coefficient (Wildman–Crippen LogP) is 3.15. The molecule has 31 heavy (non-hydrogen) atoms. The van der Waals surface area contributed by atoms with Gasteiger partial charge in [0.25, 0.3) is 0 Å². The molecule has 1 unspecified atom stereocenters. The first-order valence-electron chi connectivity index (χ1n) is 10.2. The minimum absolute atomic E-state index is 0.0209. The minimum atomic E-state index is -0.544. The predicted molar refractivity (Wildman–Crippen MR) is 112 cm³/mol. The van der Waals surface area contributed by atoms with Crippen molar-refractivity contribution in [1.29, 1.82) is 0 Å². The standard InChI is InChI=1S/C23H22N2O6/c1-23(2)10-17(26)16-8-14(3-5-18(16)31-23)24-22(28)13-7-21(27)25(11-13)15-4-6-19-20(9-15)30-12-29-19/h3-6,8-9,13H,7,10-12H2,1-2H3,(H,24,28). The van der Waals surface area contributed by atoms with Crippen molar-refractivity contribution >= 4 is 29.0 Å². The van der Waals surface area contributed by atoms with Gasteiger partial charge in [0.1, 0.15) is 11.4 Å². The van der Waals surface area contributed by atoms with E-state index in [-0.39, 0.29) is 43.8 Å². The average molecular weight is 422 g/mol. The van der Waals surface area contributed by atoms with Crippen molar-refractivity contribution in [2.24, 2.45) is 5.92 Å². The number of benzene rings is 2. The Bertz CT molecular complexity index is 1110. The molecule has 2 aromatic rings. The highest BCUT2D eigenvalue weighted by atomic mass is 16.7. The van der Waals surface area contributed by atoms with Crippen molar-refractivity contribution in [2.75, 3.05) is 23.6 Å². The molecule has 2 amide bonds. The fourth-order valence-corrected chi connectivity index (χ4v) is 4.16. The molecule has 0 spiro atoms. The molecule has 1 fully saturated rings. The van der Waals surface area contributed by atoms with Gasteiger partial charge in [-0.3, -0.25) is 14.4 Å². The smallest absolute Gasteiger partial charge is 0.231 e. The summed E-state index contributed by atoms with van der Waals surface area (Å²) in [6, 6.07) is 10.3. The third kappa shape index (κ3) is 3.58. The number of ketones is 1. The lowest BCUT2D eigenvalue weighted by Gasteiger charge is -2.31. The molecule has 1 atom stereocenters. The number of amides is 2. The van der Waals surface area contributed by atoms with Crippen molar-refractivity contribution < 1.29 is 28.6 Å². The zero-order valence-corrected chi connectivity index (χ0v) is 17.3. The van der Waals surface area contributed by atoms with Crippen molar-refractivity contribution in [2.45, 2.75) is 32.3 Å². The van der Waals surface area contributed by atoms with E-state index in [0.29, 0.717) is 34.2 Å². The van der Waals surface area contributed by atoms with Gasteiger partial charge in [0.05, 0.1) is 17.9 Å². The van der Waals surface area contributed by atoms with Crippen LogP contribution in [0.1, 0.15) is 37.0 Å². The normalized spacial score (nSPS) is 21.0. The molecule has 3 heterocycles. The Hall–Kier alpha value is -3.55. The first kappa shape index (κ1) is 19.4. The van der Waals surface area contributed by atoms with Crippen LogP contribution < -0.4 is 24.4 Å². The van der Waals surface area contributed by atoms with Crippen LogP contribution in [0.2, 0.25) is 0 Å². The number of nitrogens with one attached hydrogen (secondary N) is 1. The number of fused-ring (bicyclic) bond motifs is 2. The van der Waals surface area contributed by atoms with E-state index < -0.39 is 11.5 Å². The molecule has 3 aliphatic heterocycles. The van der Waals surface area contributed by atoms with E-state index >= 15 is 0 Å². The Labute approximate surface area is 179 Å². The quantitative estimate of drug-likeness (QED) is 0.817. The van der Waals surface area contributed by atoms with E-state index in [1.807, 2.05) is 13.8 Å². The Morgan fingerprint density at radius 1 is 1.06 bits per heavy atom. The summed E-state index contributed by atoms with van der Waals surface area (Å²) in [5, 5.41) is 2.84. The van der Waals surface area contributed by atoms with Gasteiger partial charge in [0.2, 0.25) is 18.6 Å². The van der Waals surface area contributed by atoms with E-state index in [0.717, 1.165) is 0 Å². The number of anilines is 2. The Kier molecular flexibility index (Phi) is 4.39. The molecule has 8 heteroatoms. The summed E-state index contributed by atoms with van der Waals surface area (Å²) in [6.45, 7) is 4.16. The first-order chi connectivity index (χ1) is 14.8. The zero-order chi connectivity index (χ0) is 21.8. The third-order valence-corrected chi connectivity index (χ3v) is 5.68. The van der Waals surface area contributed by atoms with Crippen LogP contribution in [0.4, 0.5) is 11.4 Å². The largest absolute Gasteiger partial charge is 0.487 e. The Balaban J connectivity index is 1.29. The van der Waals surface area contributed by atoms with Gasteiger partial charge in [-0.2, -0.15) is 0 Å². The molecule has 0 saturated carbocycles. The lowest BCUT2D eigenvalue weighted by atomic mass is 9.93. The maximum atomic E-state index is 12.8. The summed E-state index contributed by atoms with van der Waals surface area (Å²) >= 11 is 0. The van der Waals surface area contributed by atoms with Gasteiger partial charge >= 0.3 is 0 Å². The van der Waals surface area contributed by atoms with Gasteiger partial charge in [-0.25, -0.2) is 0 Å². The van der Waals surface area contributed by atoms with Crippen LogP contribution in [0, 0.1) is 5.92 Å². The highest BCUT2D eigenvalue weighted by Gasteiger charge is 2.36. The van der Waals surface area contributed by atoms with Gasteiger partial charge in [-0.05, 0) is 44.2 Å². The third-order valence-electron chi connectivity index (χ3n) is 5.68. The molecule has 0 aliphatic carbocycles. The molecular formula is C23H22N2O6. The summed E-state index contributed by atoms with van der Waals surface area (Å²) in [7, 11) is 0. The molecule has 3 aliphatic rings. The highest BCUT2D eigenvalue weighted by Crippen LogP contribution is 2.38. The SMILES string of the molecule is CC1(C)CC(=O)c2cc(NC(=O)C3CC(=O)N(c4ccc5c(c4)OCO5)C3)ccc2O1. The second kappa shape index (κ2) is 7.01. The maximum Gasteiger partial charge on any atom is 0.231 e. The van der Waals surface area contributed by atoms with Crippen molar-refractivity contribution in [3.63, 3.8) is 0 Å². The molecule has 0 bridgehead atoms. The first-order valence-corrected chi connectivity index (χ1v) is 10.2. The summed E-state index contributed by atoms with van der Waals surface area (Å²) in [5.74, 6) is 0.828. The van der Waals surface area contributed by atoms with E-state index in [1.165, 1.54) is 0 Å². The number of rotatable bonds is 3. The van der Waals surface area contributed by atoms with Crippen LogP contribution in [-0.4, -0.2) is 36.5 Å². The van der Waals surface area contributed by atoms with Gasteiger partial charge in [0, 0.05) is 30.4 Å². The minimum Gasteiger partial charge on any atom is -0.487 e. The number of ether oxygens (including phenoxy) is 3. The number of carbonyl (C=O) groups excluding carboxylic acids is 3. The van der Waals surface area contributed by atoms with E-state index in [1.54, 1.807) is 41.3 Å². The Morgan fingerprint density at radius 3 is 2.68 bits per heavy atom. The van der Waals surface area contributed by atoms with Crippen LogP contribution in [0.25, 0.3) is 0 Å². The number of carbonyl (C=O) groups is 3. The van der Waals surface area contributed by atoms with E-state index in [4.69, 9.17) is 14.2 Å². The molecular weight excluding hydrogens is 400 g/mol. The topological polar surface area (TPSA) is 94.2 Å². The summed E-state index contributed by atoms with van der Waals surface area (Å²) in [5.41, 5.74) is 1.09. The van der Waals surface area contributed by atoms with Crippen LogP contribution in [0.3, 0.4) is 0 Å². The second-order valence-corrected chi connectivity index (χ2v) is 8.60. The highest BCUT2D eigenvalue weighted by molar-refractivity contribution is 6.05. The zero-order valence-electron chi connectivity index (χ0n) is 17.3. The fraction of sp³-hybridized carbons (Fsp3) is 0.348. The molecule has 0 aromatic heterocycles. The Morgan fingerprint density at radius 2 is 1.84 bits per heavy atom. The van der Waals surface area contributed by atoms with E-state index in [2.05, 4.69) is 5.32 Å². The van der Waals surface area contributed by atoms with E-state index in [9.17, 15) is 14.4 Å². The molecule has 2 aromatic carbocycles. The monoisotopic (exact) mass is 422 g/mol. The van der Waals surface area contributed by atoms with Crippen molar-refractivity contribution in [1.82, 2.24) is 0 Å². The molecule has 160 valence electrons. The molecule has 8 nitrogen and oxygen atoms in total. The van der Waals surface area contributed by atoms with Crippen LogP contribution in [-0.2, 0) is 9.59 Å². The molecule has 1 N–H and O–H groups in total. The van der Waals surface area contributed by atoms with Crippen molar-refractivity contribution in [3.05, 3.63) is 42.0 Å². The van der Waals surface area contributed by atoms with Gasteiger partial charge in [0.15, 0.2) is 17.3 Å². The fourth-order valence-electron chi connectivity index (χ4n) is 4.16. The number of hydrogen-bond acceptors (Lipinski definition) is 6. The molecule has 0 radical (unpaired) electrons. The van der Waals surface area contributed by atoms with Crippen LogP contribution in [0.15, 0.2) is 36.4 Å². The number of hydrogen-bond donors (Lipinski definition) is 1. The number of Topliss-reactive ketones (excluding diaryl/α,β-unsaturated/α-hetero) is 1. The van der Waals surface area contributed by atoms with Crippen LogP contribution in [0.5, 0.6) is 17.2 Å². The lowest BCUT2D eigenvalue weighted by molar-refractivity contribution is -0.122. The lowest BCUT2D eigenvalue weighted by Crippen LogP contribution is -2.36. The van der Waals surface area contributed by atoms with Crippen molar-refractivity contribution in [3.8, 4) is 17.2 Å². The van der Waals surface area contributed by atoms with Gasteiger partial charge in [-0.1, -0.05) is 0 Å². The van der Waals surface area contributed by atoms with Gasteiger partial charge < -0.3 is 24.4 Å². The average Bonchev–Trinajstić information content (AvgIpc) is 3.33. The maximum absolute atomic E-state index is 12.8. The second-order valence-electron chi connectivity index (χ2n) is 8.60. The summed E-state index contributed by atoms with van der Waals surface area (Å²) in [6.07, 6.45) is 0.389. The molecule has 5 rings (SSSR count). The van der Waals surface area contributed by atoms with Crippen LogP contribution >= 0.6 is 0 Å². The van der Waals surface area contributed by atoms with Gasteiger partial charge in [-0.15, -0.1) is 0 Å². The summed E-state index contributed by atoms with van der Waals surface area (Å²) in [4.78, 5) is 39.4. The number of nitrogens with zero attached hydrogens (tertiary/aromatic N) is 1. The molecule has 1 saturated heterocycles.